The first-order valence-electron chi connectivity index (χ1n) is 9.94. The minimum absolute atomic E-state index is 0.0153. The van der Waals surface area contributed by atoms with Gasteiger partial charge in [0.1, 0.15) is 5.82 Å². The lowest BCUT2D eigenvalue weighted by atomic mass is 9.72. The molecule has 1 fully saturated rings. The van der Waals surface area contributed by atoms with Gasteiger partial charge in [0, 0.05) is 39.1 Å². The zero-order chi connectivity index (χ0) is 18.7. The SMILES string of the molecule is CC[C@H](C)C(=O)N1CCC2(CCc3nn(CCOC)c(=O)n3CC2)CC1. The molecule has 1 saturated heterocycles. The Morgan fingerprint density at radius 3 is 2.58 bits per heavy atom. The van der Waals surface area contributed by atoms with Crippen LogP contribution in [0, 0.1) is 11.3 Å². The zero-order valence-electron chi connectivity index (χ0n) is 16.4. The van der Waals surface area contributed by atoms with Crippen LogP contribution in [-0.2, 0) is 29.0 Å². The third-order valence-electron chi connectivity index (χ3n) is 6.42. The van der Waals surface area contributed by atoms with Gasteiger partial charge >= 0.3 is 5.69 Å². The average molecular weight is 364 g/mol. The predicted octanol–water partition coefficient (Wildman–Crippen LogP) is 1.68. The summed E-state index contributed by atoms with van der Waals surface area (Å²) in [7, 11) is 1.63. The zero-order valence-corrected chi connectivity index (χ0v) is 16.4. The van der Waals surface area contributed by atoms with Gasteiger partial charge in [-0.15, -0.1) is 0 Å². The lowest BCUT2D eigenvalue weighted by Crippen LogP contribution is -2.45. The van der Waals surface area contributed by atoms with Crippen LogP contribution in [0.3, 0.4) is 0 Å². The highest BCUT2D eigenvalue weighted by Crippen LogP contribution is 2.41. The quantitative estimate of drug-likeness (QED) is 0.797. The number of hydrogen-bond acceptors (Lipinski definition) is 4. The molecule has 1 spiro atoms. The number of ether oxygens (including phenoxy) is 1. The minimum Gasteiger partial charge on any atom is -0.383 e. The van der Waals surface area contributed by atoms with E-state index in [-0.39, 0.29) is 17.0 Å². The fourth-order valence-corrected chi connectivity index (χ4v) is 4.26. The summed E-state index contributed by atoms with van der Waals surface area (Å²) in [6.07, 6.45) is 5.88. The molecule has 7 nitrogen and oxygen atoms in total. The number of carbonyl (C=O) groups excluding carboxylic acids is 1. The van der Waals surface area contributed by atoms with Crippen LogP contribution in [-0.4, -0.2) is 52.0 Å². The molecule has 146 valence electrons. The van der Waals surface area contributed by atoms with E-state index in [1.165, 1.54) is 4.68 Å². The molecule has 0 saturated carbocycles. The molecule has 26 heavy (non-hydrogen) atoms. The number of rotatable bonds is 5. The summed E-state index contributed by atoms with van der Waals surface area (Å²) >= 11 is 0. The maximum Gasteiger partial charge on any atom is 0.345 e. The van der Waals surface area contributed by atoms with Crippen molar-refractivity contribution >= 4 is 5.91 Å². The van der Waals surface area contributed by atoms with Crippen LogP contribution in [0.5, 0.6) is 0 Å². The van der Waals surface area contributed by atoms with E-state index in [1.807, 2.05) is 16.4 Å². The Morgan fingerprint density at radius 1 is 1.23 bits per heavy atom. The molecule has 0 aliphatic carbocycles. The Labute approximate surface area is 155 Å². The minimum atomic E-state index is -0.0153. The summed E-state index contributed by atoms with van der Waals surface area (Å²) in [4.78, 5) is 27.0. The molecular weight excluding hydrogens is 332 g/mol. The maximum absolute atomic E-state index is 12.5. The normalized spacial score (nSPS) is 20.7. The van der Waals surface area contributed by atoms with E-state index in [1.54, 1.807) is 7.11 Å². The standard InChI is InChI=1S/C19H32N4O3/c1-4-15(2)17(24)21-10-7-19(8-11-21)6-5-16-20-23(13-14-26-3)18(25)22(16)12-9-19/h15H,4-14H2,1-3H3/t15-/m0/s1. The first-order valence-corrected chi connectivity index (χ1v) is 9.94. The van der Waals surface area contributed by atoms with Gasteiger partial charge in [-0.2, -0.15) is 5.10 Å². The Balaban J connectivity index is 1.63. The number of piperidine rings is 1. The number of carbonyl (C=O) groups is 1. The number of aryl methyl sites for hydroxylation is 1. The molecule has 2 aliphatic rings. The number of likely N-dealkylation sites (tertiary alicyclic amines) is 1. The summed E-state index contributed by atoms with van der Waals surface area (Å²) < 4.78 is 8.44. The Kier molecular flexibility index (Phi) is 5.85. The molecule has 0 aromatic carbocycles. The number of hydrogen-bond donors (Lipinski definition) is 0. The number of aromatic nitrogens is 3. The van der Waals surface area contributed by atoms with Gasteiger partial charge in [-0.3, -0.25) is 9.36 Å². The Hall–Kier alpha value is -1.63. The van der Waals surface area contributed by atoms with Crippen molar-refractivity contribution in [2.45, 2.75) is 65.5 Å². The molecule has 1 amide bonds. The number of methoxy groups -OCH3 is 1. The Bertz CT molecular complexity index is 685. The van der Waals surface area contributed by atoms with Gasteiger partial charge in [-0.25, -0.2) is 9.48 Å². The summed E-state index contributed by atoms with van der Waals surface area (Å²) in [5, 5.41) is 4.53. The van der Waals surface area contributed by atoms with E-state index in [0.29, 0.717) is 19.1 Å². The van der Waals surface area contributed by atoms with Crippen molar-refractivity contribution in [3.8, 4) is 0 Å². The van der Waals surface area contributed by atoms with Gasteiger partial charge in [-0.1, -0.05) is 13.8 Å². The topological polar surface area (TPSA) is 69.4 Å². The second kappa shape index (κ2) is 7.94. The molecule has 2 aliphatic heterocycles. The average Bonchev–Trinajstić information content (AvgIpc) is 2.86. The van der Waals surface area contributed by atoms with Gasteiger partial charge in [0.25, 0.3) is 0 Å². The highest BCUT2D eigenvalue weighted by Gasteiger charge is 2.38. The number of fused-ring (bicyclic) bond motifs is 1. The molecular formula is C19H32N4O3. The molecule has 0 radical (unpaired) electrons. The van der Waals surface area contributed by atoms with E-state index < -0.39 is 0 Å². The molecule has 0 unspecified atom stereocenters. The van der Waals surface area contributed by atoms with E-state index in [9.17, 15) is 9.59 Å². The van der Waals surface area contributed by atoms with Crippen molar-refractivity contribution in [2.24, 2.45) is 11.3 Å². The van der Waals surface area contributed by atoms with Crippen molar-refractivity contribution in [2.75, 3.05) is 26.8 Å². The largest absolute Gasteiger partial charge is 0.383 e. The molecule has 7 heteroatoms. The van der Waals surface area contributed by atoms with Gasteiger partial charge in [0.2, 0.25) is 5.91 Å². The van der Waals surface area contributed by atoms with Gasteiger partial charge in [-0.05, 0) is 37.5 Å². The van der Waals surface area contributed by atoms with Crippen LogP contribution in [0.25, 0.3) is 0 Å². The van der Waals surface area contributed by atoms with Crippen LogP contribution >= 0.6 is 0 Å². The lowest BCUT2D eigenvalue weighted by Gasteiger charge is -2.42. The first kappa shape index (κ1) is 19.1. The highest BCUT2D eigenvalue weighted by atomic mass is 16.5. The second-order valence-corrected chi connectivity index (χ2v) is 7.95. The summed E-state index contributed by atoms with van der Waals surface area (Å²) in [5.41, 5.74) is 0.231. The van der Waals surface area contributed by atoms with Crippen molar-refractivity contribution in [1.29, 1.82) is 0 Å². The van der Waals surface area contributed by atoms with Crippen molar-refractivity contribution in [3.63, 3.8) is 0 Å². The summed E-state index contributed by atoms with van der Waals surface area (Å²) in [5.74, 6) is 1.32. The van der Waals surface area contributed by atoms with Crippen LogP contribution in [0.2, 0.25) is 0 Å². The third kappa shape index (κ3) is 3.72. The van der Waals surface area contributed by atoms with E-state index in [0.717, 1.165) is 64.0 Å². The van der Waals surface area contributed by atoms with Crippen LogP contribution in [0.1, 0.15) is 51.8 Å². The van der Waals surface area contributed by atoms with E-state index >= 15 is 0 Å². The van der Waals surface area contributed by atoms with Crippen LogP contribution < -0.4 is 5.69 Å². The van der Waals surface area contributed by atoms with Gasteiger partial charge in [0.15, 0.2) is 0 Å². The molecule has 1 atom stereocenters. The van der Waals surface area contributed by atoms with Crippen LogP contribution in [0.4, 0.5) is 0 Å². The van der Waals surface area contributed by atoms with Crippen LogP contribution in [0.15, 0.2) is 4.79 Å². The second-order valence-electron chi connectivity index (χ2n) is 7.95. The number of nitrogens with zero attached hydrogens (tertiary/aromatic N) is 4. The first-order chi connectivity index (χ1) is 12.5. The molecule has 1 aromatic heterocycles. The van der Waals surface area contributed by atoms with E-state index in [4.69, 9.17) is 4.74 Å². The molecule has 1 aromatic rings. The number of amides is 1. The molecule has 0 N–H and O–H groups in total. The van der Waals surface area contributed by atoms with Crippen molar-refractivity contribution in [1.82, 2.24) is 19.2 Å². The summed E-state index contributed by atoms with van der Waals surface area (Å²) in [6, 6.07) is 0. The monoisotopic (exact) mass is 364 g/mol. The molecule has 3 heterocycles. The van der Waals surface area contributed by atoms with Gasteiger partial charge < -0.3 is 9.64 Å². The molecule has 0 bridgehead atoms. The predicted molar refractivity (Wildman–Crippen MR) is 99.0 cm³/mol. The van der Waals surface area contributed by atoms with Crippen molar-refractivity contribution < 1.29 is 9.53 Å². The van der Waals surface area contributed by atoms with Gasteiger partial charge in [0.05, 0.1) is 13.2 Å². The Morgan fingerprint density at radius 2 is 1.92 bits per heavy atom. The van der Waals surface area contributed by atoms with Crippen molar-refractivity contribution in [3.05, 3.63) is 16.3 Å². The summed E-state index contributed by atoms with van der Waals surface area (Å²) in [6.45, 7) is 7.53. The third-order valence-corrected chi connectivity index (χ3v) is 6.42. The van der Waals surface area contributed by atoms with E-state index in [2.05, 4.69) is 12.0 Å². The maximum atomic E-state index is 12.5. The lowest BCUT2D eigenvalue weighted by molar-refractivity contribution is -0.137. The highest BCUT2D eigenvalue weighted by molar-refractivity contribution is 5.78. The molecule has 3 rings (SSSR count). The smallest absolute Gasteiger partial charge is 0.345 e. The fraction of sp³-hybridized carbons (Fsp3) is 0.842. The fourth-order valence-electron chi connectivity index (χ4n) is 4.26.